The molecule has 0 aromatic heterocycles. The third-order valence-electron chi connectivity index (χ3n) is 13.0. The molecule has 3 heteroatoms. The van der Waals surface area contributed by atoms with Crippen molar-refractivity contribution in [3.8, 4) is 0 Å². The van der Waals surface area contributed by atoms with E-state index in [-0.39, 0.29) is 0 Å². The molecule has 0 heterocycles. The fraction of sp³-hybridized carbons (Fsp3) is 0.230. The van der Waals surface area contributed by atoms with E-state index in [0.717, 1.165) is 26.2 Å². The summed E-state index contributed by atoms with van der Waals surface area (Å²) in [4.78, 5) is 2.39. The maximum Gasteiger partial charge on any atom is 0.199 e. The predicted octanol–water partition coefficient (Wildman–Crippen LogP) is 13.2. The van der Waals surface area contributed by atoms with Gasteiger partial charge >= 0.3 is 0 Å². The Morgan fingerprint density at radius 1 is 0.516 bits per heavy atom. The van der Waals surface area contributed by atoms with Crippen molar-refractivity contribution in [1.29, 1.82) is 0 Å². The Bertz CT molecular complexity index is 2370. The lowest BCUT2D eigenvalue weighted by Crippen LogP contribution is -2.66. The molecule has 0 N–H and O–H groups in total. The number of hydrogen-bond acceptors (Lipinski definition) is 1. The number of benzene rings is 6. The number of unbranched alkanes of at least 4 members (excludes halogenated alkanes) is 1. The van der Waals surface area contributed by atoms with Crippen LogP contribution in [-0.2, 0) is 0 Å². The highest BCUT2D eigenvalue weighted by atomic mass is 15.1. The van der Waals surface area contributed by atoms with Crippen molar-refractivity contribution in [2.75, 3.05) is 31.1 Å². The number of anilines is 1. The Kier molecular flexibility index (Phi) is 17.5. The number of nitrogens with zero attached hydrogens (tertiary/aromatic N) is 2. The van der Waals surface area contributed by atoms with E-state index < -0.39 is 6.15 Å². The van der Waals surface area contributed by atoms with Gasteiger partial charge < -0.3 is 4.90 Å². The lowest BCUT2D eigenvalue weighted by molar-refractivity contribution is -0.519. The lowest BCUT2D eigenvalue weighted by Gasteiger charge is -2.43. The van der Waals surface area contributed by atoms with Crippen molar-refractivity contribution in [2.45, 2.75) is 67.6 Å². The molecule has 0 fully saturated rings. The highest BCUT2D eigenvalue weighted by Crippen LogP contribution is 2.29. The maximum atomic E-state index is 2.39. The fourth-order valence-corrected chi connectivity index (χ4v) is 9.24. The zero-order chi connectivity index (χ0) is 45.2. The molecule has 0 saturated carbocycles. The molecular weight excluding hydrogens is 771 g/mol. The molecule has 1 aliphatic rings. The average Bonchev–Trinajstić information content (AvgIpc) is 3.35. The van der Waals surface area contributed by atoms with Gasteiger partial charge in [-0.3, -0.25) is 0 Å². The van der Waals surface area contributed by atoms with Crippen LogP contribution in [0.5, 0.6) is 0 Å². The van der Waals surface area contributed by atoms with Gasteiger partial charge in [-0.2, -0.15) is 22.7 Å². The van der Waals surface area contributed by atoms with Crippen LogP contribution in [-0.4, -0.2) is 42.6 Å². The Balaban J connectivity index is 0.000000249. The molecule has 0 radical (unpaired) electrons. The van der Waals surface area contributed by atoms with Gasteiger partial charge in [-0.05, 0) is 99.2 Å². The Morgan fingerprint density at radius 3 is 1.36 bits per heavy atom. The highest BCUT2D eigenvalue weighted by molar-refractivity contribution is 7.11. The summed E-state index contributed by atoms with van der Waals surface area (Å²) >= 11 is 0. The van der Waals surface area contributed by atoms with Gasteiger partial charge in [0.25, 0.3) is 0 Å². The van der Waals surface area contributed by atoms with Crippen molar-refractivity contribution >= 4 is 45.1 Å². The number of rotatable bonds is 16. The quantitative estimate of drug-likeness (QED) is 0.0535. The molecule has 6 aromatic carbocycles. The van der Waals surface area contributed by atoms with Gasteiger partial charge in [0.15, 0.2) is 5.71 Å². The summed E-state index contributed by atoms with van der Waals surface area (Å²) in [5.74, 6) is 0. The van der Waals surface area contributed by atoms with Crippen LogP contribution in [0.1, 0.15) is 75.3 Å². The molecule has 7 rings (SSSR count). The van der Waals surface area contributed by atoms with Crippen molar-refractivity contribution in [3.63, 3.8) is 0 Å². The predicted molar refractivity (Wildman–Crippen MR) is 284 cm³/mol. The molecule has 326 valence electrons. The van der Waals surface area contributed by atoms with E-state index in [0.29, 0.717) is 0 Å². The van der Waals surface area contributed by atoms with E-state index in [1.165, 1.54) is 91.5 Å². The third-order valence-corrected chi connectivity index (χ3v) is 13.0. The molecule has 0 unspecified atom stereocenters. The van der Waals surface area contributed by atoms with E-state index >= 15 is 0 Å². The van der Waals surface area contributed by atoms with E-state index in [4.69, 9.17) is 0 Å². The Labute approximate surface area is 386 Å². The molecule has 0 aliphatic heterocycles. The van der Waals surface area contributed by atoms with Crippen LogP contribution in [0.3, 0.4) is 0 Å². The summed E-state index contributed by atoms with van der Waals surface area (Å²) in [7, 11) is 0. The summed E-state index contributed by atoms with van der Waals surface area (Å²) in [5.41, 5.74) is 16.7. The van der Waals surface area contributed by atoms with Gasteiger partial charge in [-0.15, -0.1) is 0 Å². The summed E-state index contributed by atoms with van der Waals surface area (Å²) in [5, 5.41) is 0. The number of allylic oxidation sites excluding steroid dienone is 9. The molecule has 1 aliphatic carbocycles. The van der Waals surface area contributed by atoms with E-state index in [9.17, 15) is 0 Å². The second kappa shape index (κ2) is 23.8. The van der Waals surface area contributed by atoms with Crippen LogP contribution in [0.2, 0.25) is 6.32 Å². The molecular formula is C61H69BN2. The topological polar surface area (TPSA) is 6.25 Å². The second-order valence-electron chi connectivity index (χ2n) is 16.9. The summed E-state index contributed by atoms with van der Waals surface area (Å²) in [6.07, 6.45) is 18.5. The van der Waals surface area contributed by atoms with Gasteiger partial charge in [0.2, 0.25) is 0 Å². The van der Waals surface area contributed by atoms with Crippen molar-refractivity contribution in [1.82, 2.24) is 0 Å². The first-order valence-corrected chi connectivity index (χ1v) is 23.8. The maximum absolute atomic E-state index is 2.39. The third kappa shape index (κ3) is 11.8. The van der Waals surface area contributed by atoms with Crippen LogP contribution in [0.25, 0.3) is 11.1 Å². The molecule has 0 amide bonds. The minimum absolute atomic E-state index is 0.913. The monoisotopic (exact) mass is 841 g/mol. The molecule has 0 saturated heterocycles. The molecule has 6 aromatic rings. The van der Waals surface area contributed by atoms with Gasteiger partial charge in [-0.1, -0.05) is 201 Å². The molecule has 0 spiro atoms. The van der Waals surface area contributed by atoms with Crippen LogP contribution in [0.4, 0.5) is 5.69 Å². The van der Waals surface area contributed by atoms with Gasteiger partial charge in [-0.25, -0.2) is 4.58 Å². The van der Waals surface area contributed by atoms with Gasteiger partial charge in [0.1, 0.15) is 13.1 Å². The largest absolute Gasteiger partial charge is 0.372 e. The SMILES string of the molecule is CCCC[B-](c1ccccc1)(c1ccccc1)c1ccccc1.CCN(CC)c1ccc(C(C=CC=C(c2ccc(C)cc2)c2ccc(C)cc2)=C2C=CC(=[N+](CC)CC)C=C2)cc1. The van der Waals surface area contributed by atoms with E-state index in [1.807, 2.05) is 0 Å². The van der Waals surface area contributed by atoms with Crippen molar-refractivity contribution < 1.29 is 4.58 Å². The first-order chi connectivity index (χ1) is 31.3. The first-order valence-electron chi connectivity index (χ1n) is 23.8. The van der Waals surface area contributed by atoms with Crippen molar-refractivity contribution in [3.05, 3.63) is 240 Å². The van der Waals surface area contributed by atoms with Crippen LogP contribution in [0, 0.1) is 13.8 Å². The normalized spacial score (nSPS) is 12.2. The Hall–Kier alpha value is -6.45. The van der Waals surface area contributed by atoms with Gasteiger partial charge in [0.05, 0.1) is 6.15 Å². The van der Waals surface area contributed by atoms with E-state index in [1.54, 1.807) is 0 Å². The minimum atomic E-state index is -0.913. The summed E-state index contributed by atoms with van der Waals surface area (Å²) in [6, 6.07) is 59.8. The first kappa shape index (κ1) is 47.0. The number of aryl methyl sites for hydroxylation is 2. The molecule has 2 nitrogen and oxygen atoms in total. The molecule has 64 heavy (non-hydrogen) atoms. The van der Waals surface area contributed by atoms with Crippen LogP contribution < -0.4 is 21.3 Å². The molecule has 0 atom stereocenters. The average molecular weight is 841 g/mol. The van der Waals surface area contributed by atoms with Gasteiger partial charge in [0, 0.05) is 30.9 Å². The summed E-state index contributed by atoms with van der Waals surface area (Å²) in [6.45, 7) is 19.4. The summed E-state index contributed by atoms with van der Waals surface area (Å²) < 4.78 is 2.39. The van der Waals surface area contributed by atoms with E-state index in [2.05, 4.69) is 264 Å². The van der Waals surface area contributed by atoms with Crippen molar-refractivity contribution in [2.24, 2.45) is 0 Å². The Morgan fingerprint density at radius 2 is 0.953 bits per heavy atom. The fourth-order valence-electron chi connectivity index (χ4n) is 9.24. The molecule has 0 bridgehead atoms. The number of hydrogen-bond donors (Lipinski definition) is 0. The zero-order valence-corrected chi connectivity index (χ0v) is 39.6. The lowest BCUT2D eigenvalue weighted by atomic mass is 9.14. The second-order valence-corrected chi connectivity index (χ2v) is 16.9. The zero-order valence-electron chi connectivity index (χ0n) is 39.6. The van der Waals surface area contributed by atoms with Crippen LogP contribution in [0.15, 0.2) is 212 Å². The highest BCUT2D eigenvalue weighted by Gasteiger charge is 2.29. The minimum Gasteiger partial charge on any atom is -0.372 e. The van der Waals surface area contributed by atoms with Crippen LogP contribution >= 0.6 is 0 Å². The smallest absolute Gasteiger partial charge is 0.199 e. The standard InChI is InChI=1S/C39H45N2.C22H24B/c1-7-40(8-2)36-26-22-34(23-27-36)39(35-24-28-37(29-25-35)41(9-3)10-4)13-11-12-38(32-18-14-30(5)15-19-32)33-20-16-31(6)17-21-33;1-2-3-19-23(20-13-7-4-8-14-20,21-15-9-5-10-16-21)22-17-11-6-12-18-22/h11-29H,7-10H2,1-6H3;4-18H,2-3,19H2,1H3/q+1;-1.